The second kappa shape index (κ2) is 4.53. The van der Waals surface area contributed by atoms with E-state index in [4.69, 9.17) is 0 Å². The summed E-state index contributed by atoms with van der Waals surface area (Å²) in [6.45, 7) is 4.65. The second-order valence-corrected chi connectivity index (χ2v) is 9.63. The van der Waals surface area contributed by atoms with E-state index in [1.54, 1.807) is 0 Å². The van der Waals surface area contributed by atoms with Crippen LogP contribution in [-0.2, 0) is 4.79 Å². The molecule has 0 saturated heterocycles. The number of nitrogens with one attached hydrogen (secondary N) is 1. The van der Waals surface area contributed by atoms with Crippen molar-refractivity contribution >= 4 is 27.4 Å². The Morgan fingerprint density at radius 2 is 1.96 bits per heavy atom. The summed E-state index contributed by atoms with van der Waals surface area (Å²) >= 11 is 0.929. The lowest BCUT2D eigenvalue weighted by atomic mass is 9.40. The van der Waals surface area contributed by atoms with Crippen molar-refractivity contribution in [3.05, 3.63) is 16.3 Å². The monoisotopic (exact) mass is 335 g/mol. The van der Waals surface area contributed by atoms with Crippen molar-refractivity contribution < 1.29 is 9.72 Å². The molecule has 6 nitrogen and oxygen atoms in total. The van der Waals surface area contributed by atoms with E-state index in [9.17, 15) is 14.9 Å². The first kappa shape index (κ1) is 15.1. The molecule has 7 heteroatoms. The summed E-state index contributed by atoms with van der Waals surface area (Å²) in [4.78, 5) is 27.3. The molecular weight excluding hydrogens is 314 g/mol. The van der Waals surface area contributed by atoms with Crippen LogP contribution in [0.4, 0.5) is 10.1 Å². The lowest BCUT2D eigenvalue weighted by Crippen LogP contribution is -2.58. The molecule has 0 aromatic carbocycles. The van der Waals surface area contributed by atoms with Gasteiger partial charge in [-0.25, -0.2) is 4.98 Å². The predicted octanol–water partition coefficient (Wildman–Crippen LogP) is 3.99. The topological polar surface area (TPSA) is 85.1 Å². The standard InChI is InChI=1S/C16H21N3O3S/c1-14-3-10-4-15(2,7-14)9-16(5-10,8-14)12(20)18-13-17-6-11(23-13)19(21)22/h6,10H,3-5,7-9H2,1-2H3,(H,17,18,20). The number of nitrogens with zero attached hydrogens (tertiary/aromatic N) is 2. The zero-order valence-electron chi connectivity index (χ0n) is 13.4. The highest BCUT2D eigenvalue weighted by Gasteiger charge is 2.62. The maximum Gasteiger partial charge on any atom is 0.345 e. The van der Waals surface area contributed by atoms with Crippen LogP contribution in [0, 0.1) is 32.3 Å². The molecular formula is C16H21N3O3S. The van der Waals surface area contributed by atoms with Crippen LogP contribution in [0.5, 0.6) is 0 Å². The number of nitro groups is 1. The van der Waals surface area contributed by atoms with Crippen LogP contribution in [0.25, 0.3) is 0 Å². The molecule has 124 valence electrons. The van der Waals surface area contributed by atoms with Crippen molar-refractivity contribution in [3.8, 4) is 0 Å². The van der Waals surface area contributed by atoms with Gasteiger partial charge in [0.1, 0.15) is 6.20 Å². The third-order valence-corrected chi connectivity index (χ3v) is 6.87. The van der Waals surface area contributed by atoms with Crippen molar-refractivity contribution in [1.29, 1.82) is 0 Å². The van der Waals surface area contributed by atoms with Gasteiger partial charge in [-0.3, -0.25) is 14.9 Å². The van der Waals surface area contributed by atoms with E-state index in [1.807, 2.05) is 0 Å². The highest BCUT2D eigenvalue weighted by atomic mass is 32.1. The van der Waals surface area contributed by atoms with Crippen LogP contribution in [0.15, 0.2) is 6.20 Å². The fourth-order valence-electron chi connectivity index (χ4n) is 6.34. The van der Waals surface area contributed by atoms with E-state index < -0.39 is 4.92 Å². The molecule has 4 bridgehead atoms. The Hall–Kier alpha value is -1.50. The van der Waals surface area contributed by atoms with Gasteiger partial charge < -0.3 is 5.32 Å². The number of hydrogen-bond donors (Lipinski definition) is 1. The summed E-state index contributed by atoms with van der Waals surface area (Å²) in [6.07, 6.45) is 7.73. The first-order valence-electron chi connectivity index (χ1n) is 8.13. The smallest absolute Gasteiger partial charge is 0.301 e. The van der Waals surface area contributed by atoms with Gasteiger partial charge in [-0.05, 0) is 66.6 Å². The predicted molar refractivity (Wildman–Crippen MR) is 87.2 cm³/mol. The minimum Gasteiger partial charge on any atom is -0.301 e. The molecule has 23 heavy (non-hydrogen) atoms. The summed E-state index contributed by atoms with van der Waals surface area (Å²) in [5.41, 5.74) is 0.212. The van der Waals surface area contributed by atoms with Gasteiger partial charge in [-0.2, -0.15) is 0 Å². The Morgan fingerprint density at radius 3 is 2.48 bits per heavy atom. The van der Waals surface area contributed by atoms with Gasteiger partial charge in [0.15, 0.2) is 5.13 Å². The fourth-order valence-corrected chi connectivity index (χ4v) is 6.97. The van der Waals surface area contributed by atoms with Crippen LogP contribution in [-0.4, -0.2) is 15.8 Å². The largest absolute Gasteiger partial charge is 0.345 e. The molecule has 0 radical (unpaired) electrons. The number of carbonyl (C=O) groups is 1. The van der Waals surface area contributed by atoms with E-state index in [-0.39, 0.29) is 27.2 Å². The zero-order valence-corrected chi connectivity index (χ0v) is 14.2. The molecule has 5 rings (SSSR count). The molecule has 1 aromatic rings. The number of carbonyl (C=O) groups excluding carboxylic acids is 1. The number of hydrogen-bond acceptors (Lipinski definition) is 5. The van der Waals surface area contributed by atoms with E-state index in [1.165, 1.54) is 25.5 Å². The summed E-state index contributed by atoms with van der Waals surface area (Å²) in [6, 6.07) is 0. The van der Waals surface area contributed by atoms with Gasteiger partial charge >= 0.3 is 5.00 Å². The summed E-state index contributed by atoms with van der Waals surface area (Å²) < 4.78 is 0. The fraction of sp³-hybridized carbons (Fsp3) is 0.750. The highest BCUT2D eigenvalue weighted by molar-refractivity contribution is 7.18. The van der Waals surface area contributed by atoms with Gasteiger partial charge in [0.05, 0.1) is 10.3 Å². The van der Waals surface area contributed by atoms with Gasteiger partial charge in [-0.1, -0.05) is 13.8 Å². The van der Waals surface area contributed by atoms with Crippen LogP contribution in [0.1, 0.15) is 52.4 Å². The number of thiazole rings is 1. The molecule has 1 amide bonds. The molecule has 4 aliphatic rings. The maximum absolute atomic E-state index is 13.0. The Labute approximate surface area is 138 Å². The minimum absolute atomic E-state index is 0.0169. The number of amides is 1. The first-order chi connectivity index (χ1) is 10.7. The van der Waals surface area contributed by atoms with Crippen molar-refractivity contribution in [1.82, 2.24) is 4.98 Å². The molecule has 4 fully saturated rings. The Morgan fingerprint density at radius 1 is 1.30 bits per heavy atom. The van der Waals surface area contributed by atoms with Crippen molar-refractivity contribution in [2.75, 3.05) is 5.32 Å². The molecule has 2 unspecified atom stereocenters. The summed E-state index contributed by atoms with van der Waals surface area (Å²) in [7, 11) is 0. The molecule has 1 heterocycles. The number of rotatable bonds is 3. The Kier molecular flexibility index (Phi) is 2.96. The maximum atomic E-state index is 13.0. The first-order valence-corrected chi connectivity index (χ1v) is 8.94. The van der Waals surface area contributed by atoms with Gasteiger partial charge in [-0.15, -0.1) is 0 Å². The van der Waals surface area contributed by atoms with Crippen LogP contribution >= 0.6 is 11.3 Å². The molecule has 2 atom stereocenters. The molecule has 4 aliphatic carbocycles. The minimum atomic E-state index is -0.472. The van der Waals surface area contributed by atoms with Gasteiger partial charge in [0.2, 0.25) is 5.91 Å². The van der Waals surface area contributed by atoms with Crippen molar-refractivity contribution in [2.45, 2.75) is 52.4 Å². The van der Waals surface area contributed by atoms with E-state index in [0.717, 1.165) is 30.6 Å². The van der Waals surface area contributed by atoms with Crippen LogP contribution < -0.4 is 5.32 Å². The lowest BCUT2D eigenvalue weighted by Gasteiger charge is -2.64. The van der Waals surface area contributed by atoms with E-state index in [0.29, 0.717) is 11.0 Å². The average molecular weight is 335 g/mol. The molecule has 1 aromatic heterocycles. The van der Waals surface area contributed by atoms with E-state index >= 15 is 0 Å². The number of aromatic nitrogens is 1. The average Bonchev–Trinajstić information content (AvgIpc) is 2.83. The normalized spacial score (nSPS) is 41.0. The van der Waals surface area contributed by atoms with E-state index in [2.05, 4.69) is 24.1 Å². The highest BCUT2D eigenvalue weighted by Crippen LogP contribution is 2.69. The SMILES string of the molecule is CC12CC3CC(C)(C1)CC(C(=O)Nc1ncc([N+](=O)[O-])s1)(C3)C2. The van der Waals surface area contributed by atoms with Gasteiger partial charge in [0, 0.05) is 0 Å². The Balaban J connectivity index is 1.59. The van der Waals surface area contributed by atoms with Crippen molar-refractivity contribution in [2.24, 2.45) is 22.2 Å². The number of anilines is 1. The summed E-state index contributed by atoms with van der Waals surface area (Å²) in [5, 5.41) is 13.9. The van der Waals surface area contributed by atoms with Crippen LogP contribution in [0.2, 0.25) is 0 Å². The molecule has 1 N–H and O–H groups in total. The molecule has 4 saturated carbocycles. The van der Waals surface area contributed by atoms with Crippen LogP contribution in [0.3, 0.4) is 0 Å². The quantitative estimate of drug-likeness (QED) is 0.668. The summed E-state index contributed by atoms with van der Waals surface area (Å²) in [5.74, 6) is 0.654. The Bertz CT molecular complexity index is 682. The second-order valence-electron chi connectivity index (χ2n) is 8.63. The molecule has 0 spiro atoms. The lowest BCUT2D eigenvalue weighted by molar-refractivity contribution is -0.380. The third-order valence-electron chi connectivity index (χ3n) is 6.00. The van der Waals surface area contributed by atoms with Gasteiger partial charge in [0.25, 0.3) is 0 Å². The van der Waals surface area contributed by atoms with Crippen molar-refractivity contribution in [3.63, 3.8) is 0 Å². The third kappa shape index (κ3) is 2.36. The molecule has 0 aliphatic heterocycles. The zero-order chi connectivity index (χ0) is 16.5.